The first kappa shape index (κ1) is 21.4. The number of ether oxygens (including phenoxy) is 1. The summed E-state index contributed by atoms with van der Waals surface area (Å²) >= 11 is 18.4. The van der Waals surface area contributed by atoms with Crippen molar-refractivity contribution in [3.05, 3.63) is 63.1 Å². The quantitative estimate of drug-likeness (QED) is 0.718. The van der Waals surface area contributed by atoms with E-state index in [1.807, 2.05) is 0 Å². The van der Waals surface area contributed by atoms with Crippen LogP contribution in [0.3, 0.4) is 0 Å². The summed E-state index contributed by atoms with van der Waals surface area (Å²) in [5, 5.41) is 3.87. The summed E-state index contributed by atoms with van der Waals surface area (Å²) in [5.41, 5.74) is 0.563. The summed E-state index contributed by atoms with van der Waals surface area (Å²) in [5.74, 6) is -0.240. The highest BCUT2D eigenvalue weighted by molar-refractivity contribution is 6.36. The van der Waals surface area contributed by atoms with Crippen molar-refractivity contribution >= 4 is 46.6 Å². The van der Waals surface area contributed by atoms with Gasteiger partial charge in [-0.25, -0.2) is 0 Å². The summed E-state index contributed by atoms with van der Waals surface area (Å²) in [6.45, 7) is 1.44. The Kier molecular flexibility index (Phi) is 7.78. The first-order chi connectivity index (χ1) is 12.8. The van der Waals surface area contributed by atoms with Crippen LogP contribution in [-0.4, -0.2) is 36.4 Å². The summed E-state index contributed by atoms with van der Waals surface area (Å²) in [6.07, 6.45) is 0. The molecule has 1 atom stereocenters. The fourth-order valence-corrected chi connectivity index (χ4v) is 3.13. The third kappa shape index (κ3) is 5.76. The molecule has 2 rings (SSSR count). The third-order valence-electron chi connectivity index (χ3n) is 3.96. The Hall–Kier alpha value is -1.95. The molecule has 8 heteroatoms. The highest BCUT2D eigenvalue weighted by Crippen LogP contribution is 2.26. The maximum Gasteiger partial charge on any atom is 0.261 e. The molecule has 0 aliphatic rings. The molecule has 5 nitrogen and oxygen atoms in total. The highest BCUT2D eigenvalue weighted by atomic mass is 35.5. The fourth-order valence-electron chi connectivity index (χ4n) is 2.43. The van der Waals surface area contributed by atoms with E-state index in [2.05, 4.69) is 5.32 Å². The molecule has 0 radical (unpaired) electrons. The van der Waals surface area contributed by atoms with E-state index in [4.69, 9.17) is 39.5 Å². The molecule has 1 N–H and O–H groups in total. The van der Waals surface area contributed by atoms with E-state index in [9.17, 15) is 9.59 Å². The normalized spacial score (nSPS) is 11.6. The molecule has 0 fully saturated rings. The van der Waals surface area contributed by atoms with Gasteiger partial charge in [-0.1, -0.05) is 46.9 Å². The van der Waals surface area contributed by atoms with Gasteiger partial charge in [0.05, 0.1) is 0 Å². The summed E-state index contributed by atoms with van der Waals surface area (Å²) < 4.78 is 5.52. The Labute approximate surface area is 173 Å². The Balaban J connectivity index is 2.21. The van der Waals surface area contributed by atoms with Gasteiger partial charge in [0, 0.05) is 34.2 Å². The molecule has 1 unspecified atom stereocenters. The number of amides is 2. The molecule has 0 aliphatic carbocycles. The average Bonchev–Trinajstić information content (AvgIpc) is 2.65. The molecule has 0 heterocycles. The molecular weight excluding hydrogens is 411 g/mol. The molecule has 0 saturated carbocycles. The third-order valence-corrected chi connectivity index (χ3v) is 4.91. The number of benzene rings is 2. The minimum Gasteiger partial charge on any atom is -0.484 e. The molecule has 0 bridgehead atoms. The van der Waals surface area contributed by atoms with Crippen LogP contribution >= 0.6 is 34.8 Å². The lowest BCUT2D eigenvalue weighted by Gasteiger charge is -2.29. The van der Waals surface area contributed by atoms with Gasteiger partial charge in [-0.15, -0.1) is 0 Å². The van der Waals surface area contributed by atoms with Gasteiger partial charge >= 0.3 is 0 Å². The van der Waals surface area contributed by atoms with E-state index in [-0.39, 0.29) is 25.0 Å². The Bertz CT molecular complexity index is 809. The Morgan fingerprint density at radius 2 is 1.74 bits per heavy atom. The second kappa shape index (κ2) is 9.83. The predicted octanol–water partition coefficient (Wildman–Crippen LogP) is 4.19. The maximum absolute atomic E-state index is 12.8. The Morgan fingerprint density at radius 1 is 1.11 bits per heavy atom. The number of hydrogen-bond acceptors (Lipinski definition) is 3. The number of rotatable bonds is 7. The van der Waals surface area contributed by atoms with E-state index in [1.165, 1.54) is 11.9 Å². The maximum atomic E-state index is 12.8. The molecule has 0 aliphatic heterocycles. The second-order valence-electron chi connectivity index (χ2n) is 5.76. The van der Waals surface area contributed by atoms with Crippen LogP contribution in [0.15, 0.2) is 42.5 Å². The molecule has 27 heavy (non-hydrogen) atoms. The number of nitrogens with one attached hydrogen (secondary N) is 1. The van der Waals surface area contributed by atoms with Gasteiger partial charge in [0.15, 0.2) is 6.61 Å². The average molecular weight is 430 g/mol. The highest BCUT2D eigenvalue weighted by Gasteiger charge is 2.27. The van der Waals surface area contributed by atoms with Gasteiger partial charge in [0.25, 0.3) is 5.91 Å². The van der Waals surface area contributed by atoms with Crippen LogP contribution in [0, 0.1) is 0 Å². The van der Waals surface area contributed by atoms with E-state index in [0.717, 1.165) is 0 Å². The second-order valence-corrected chi connectivity index (χ2v) is 7.01. The molecule has 2 aromatic carbocycles. The molecule has 0 aromatic heterocycles. The Morgan fingerprint density at radius 3 is 2.33 bits per heavy atom. The van der Waals surface area contributed by atoms with E-state index >= 15 is 0 Å². The SMILES string of the molecule is CNC(=O)C(C)N(Cc1c(Cl)cccc1Cl)C(=O)COc1cccc(Cl)c1. The number of carbonyl (C=O) groups excluding carboxylic acids is 2. The number of nitrogens with zero attached hydrogens (tertiary/aromatic N) is 1. The standard InChI is InChI=1S/C19H19Cl3N2O3/c1-12(19(26)23-2)24(10-15-16(21)7-4-8-17(15)22)18(25)11-27-14-6-3-5-13(20)9-14/h3-9,12H,10-11H2,1-2H3,(H,23,26). The zero-order valence-electron chi connectivity index (χ0n) is 14.8. The minimum atomic E-state index is -0.738. The first-order valence-electron chi connectivity index (χ1n) is 8.15. The molecule has 2 amide bonds. The fraction of sp³-hybridized carbons (Fsp3) is 0.263. The largest absolute Gasteiger partial charge is 0.484 e. The van der Waals surface area contributed by atoms with Crippen LogP contribution in [0.4, 0.5) is 0 Å². The molecule has 0 saturated heterocycles. The van der Waals surface area contributed by atoms with Crippen LogP contribution in [-0.2, 0) is 16.1 Å². The van der Waals surface area contributed by atoms with Crippen molar-refractivity contribution in [3.63, 3.8) is 0 Å². The van der Waals surface area contributed by atoms with Crippen molar-refractivity contribution < 1.29 is 14.3 Å². The summed E-state index contributed by atoms with van der Waals surface area (Å²) in [4.78, 5) is 26.3. The van der Waals surface area contributed by atoms with Crippen molar-refractivity contribution in [1.29, 1.82) is 0 Å². The van der Waals surface area contributed by atoms with Crippen LogP contribution < -0.4 is 10.1 Å². The first-order valence-corrected chi connectivity index (χ1v) is 9.29. The van der Waals surface area contributed by atoms with Crippen LogP contribution in [0.5, 0.6) is 5.75 Å². The van der Waals surface area contributed by atoms with Gasteiger partial charge in [0.2, 0.25) is 5.91 Å². The summed E-state index contributed by atoms with van der Waals surface area (Å²) in [6, 6.07) is 11.1. The number of halogens is 3. The van der Waals surface area contributed by atoms with E-state index < -0.39 is 6.04 Å². The van der Waals surface area contributed by atoms with Crippen LogP contribution in [0.1, 0.15) is 12.5 Å². The van der Waals surface area contributed by atoms with Gasteiger partial charge < -0.3 is 15.0 Å². The lowest BCUT2D eigenvalue weighted by molar-refractivity contribution is -0.142. The topological polar surface area (TPSA) is 58.6 Å². The van der Waals surface area contributed by atoms with Crippen molar-refractivity contribution in [3.8, 4) is 5.75 Å². The minimum absolute atomic E-state index is 0.0742. The van der Waals surface area contributed by atoms with E-state index in [0.29, 0.717) is 26.4 Å². The monoisotopic (exact) mass is 428 g/mol. The van der Waals surface area contributed by atoms with E-state index in [1.54, 1.807) is 49.4 Å². The molecule has 0 spiro atoms. The van der Waals surface area contributed by atoms with Gasteiger partial charge in [-0.3, -0.25) is 9.59 Å². The molecule has 144 valence electrons. The van der Waals surface area contributed by atoms with Gasteiger partial charge in [0.1, 0.15) is 11.8 Å². The zero-order valence-corrected chi connectivity index (χ0v) is 17.1. The lowest BCUT2D eigenvalue weighted by Crippen LogP contribution is -2.48. The van der Waals surface area contributed by atoms with Crippen molar-refractivity contribution in [2.45, 2.75) is 19.5 Å². The van der Waals surface area contributed by atoms with Crippen LogP contribution in [0.25, 0.3) is 0 Å². The number of hydrogen-bond donors (Lipinski definition) is 1. The van der Waals surface area contributed by atoms with Crippen LogP contribution in [0.2, 0.25) is 15.1 Å². The summed E-state index contributed by atoms with van der Waals surface area (Å²) in [7, 11) is 1.51. The zero-order chi connectivity index (χ0) is 20.0. The molecular formula is C19H19Cl3N2O3. The van der Waals surface area contributed by atoms with Crippen molar-refractivity contribution in [1.82, 2.24) is 10.2 Å². The predicted molar refractivity (Wildman–Crippen MR) is 107 cm³/mol. The van der Waals surface area contributed by atoms with Gasteiger partial charge in [-0.05, 0) is 37.3 Å². The number of likely N-dealkylation sites (N-methyl/N-ethyl adjacent to an activating group) is 1. The smallest absolute Gasteiger partial charge is 0.261 e. The van der Waals surface area contributed by atoms with Crippen molar-refractivity contribution in [2.75, 3.05) is 13.7 Å². The van der Waals surface area contributed by atoms with Crippen molar-refractivity contribution in [2.24, 2.45) is 0 Å². The van der Waals surface area contributed by atoms with Gasteiger partial charge in [-0.2, -0.15) is 0 Å². The number of carbonyl (C=O) groups is 2. The lowest BCUT2D eigenvalue weighted by atomic mass is 10.1. The molecule has 2 aromatic rings.